The number of nitrogens with one attached hydrogen (secondary N) is 2. The predicted octanol–water partition coefficient (Wildman–Crippen LogP) is 4.28. The molecule has 0 radical (unpaired) electrons. The van der Waals surface area contributed by atoms with Crippen LogP contribution in [0.4, 0.5) is 17.1 Å². The molecule has 0 bridgehead atoms. The fourth-order valence-electron chi connectivity index (χ4n) is 4.96. The van der Waals surface area contributed by atoms with Gasteiger partial charge in [0.15, 0.2) is 0 Å². The zero-order valence-corrected chi connectivity index (χ0v) is 21.8. The number of sulfonamides is 1. The van der Waals surface area contributed by atoms with Crippen LogP contribution < -0.4 is 10.0 Å². The molecule has 3 aromatic rings. The van der Waals surface area contributed by atoms with Gasteiger partial charge in [0.05, 0.1) is 29.9 Å². The Morgan fingerprint density at radius 3 is 2.45 bits per heavy atom. The third kappa shape index (κ3) is 5.36. The summed E-state index contributed by atoms with van der Waals surface area (Å²) in [7, 11) is -3.42. The number of nitrogens with zero attached hydrogens (tertiary/aromatic N) is 2. The summed E-state index contributed by atoms with van der Waals surface area (Å²) in [5.41, 5.74) is 5.23. The molecule has 2 aliphatic heterocycles. The zero-order valence-electron chi connectivity index (χ0n) is 21.0. The van der Waals surface area contributed by atoms with Crippen LogP contribution in [0.25, 0.3) is 0 Å². The fraction of sp³-hybridized carbons (Fsp3) is 0.310. The lowest BCUT2D eigenvalue weighted by Gasteiger charge is -2.26. The molecule has 1 saturated carbocycles. The van der Waals surface area contributed by atoms with Gasteiger partial charge in [-0.1, -0.05) is 42.5 Å². The first-order valence-corrected chi connectivity index (χ1v) is 14.5. The second kappa shape index (κ2) is 10.3. The highest BCUT2D eigenvalue weighted by Crippen LogP contribution is 2.39. The number of morpholine rings is 1. The average molecular weight is 531 g/mol. The van der Waals surface area contributed by atoms with E-state index in [0.717, 1.165) is 44.1 Å². The molecule has 0 aromatic heterocycles. The van der Waals surface area contributed by atoms with Gasteiger partial charge in [0.1, 0.15) is 5.92 Å². The van der Waals surface area contributed by atoms with E-state index in [1.54, 1.807) is 18.2 Å². The number of carbonyl (C=O) groups excluding carboxylic acids is 1. The summed E-state index contributed by atoms with van der Waals surface area (Å²) in [6.07, 6.45) is 1.36. The average Bonchev–Trinajstić information content (AvgIpc) is 3.74. The normalized spacial score (nSPS) is 20.2. The fourth-order valence-corrected chi connectivity index (χ4v) is 6.34. The van der Waals surface area contributed by atoms with Crippen molar-refractivity contribution in [3.8, 4) is 0 Å². The number of carbonyl (C=O) groups is 1. The van der Waals surface area contributed by atoms with Gasteiger partial charge in [-0.3, -0.25) is 19.4 Å². The molecule has 1 aliphatic carbocycles. The number of hydrogen-bond acceptors (Lipinski definition) is 6. The molecule has 2 fully saturated rings. The summed E-state index contributed by atoms with van der Waals surface area (Å²) >= 11 is 0. The van der Waals surface area contributed by atoms with E-state index in [1.165, 1.54) is 5.56 Å². The van der Waals surface area contributed by atoms with E-state index in [0.29, 0.717) is 35.5 Å². The summed E-state index contributed by atoms with van der Waals surface area (Å²) < 4.78 is 33.2. The Morgan fingerprint density at radius 2 is 1.74 bits per heavy atom. The van der Waals surface area contributed by atoms with Crippen LogP contribution in [0.3, 0.4) is 0 Å². The maximum absolute atomic E-state index is 13.3. The summed E-state index contributed by atoms with van der Waals surface area (Å²) in [6.45, 7) is 4.23. The van der Waals surface area contributed by atoms with Gasteiger partial charge in [0, 0.05) is 31.0 Å². The Hall–Kier alpha value is -3.53. The molecule has 2 N–H and O–H groups in total. The van der Waals surface area contributed by atoms with Gasteiger partial charge in [-0.25, -0.2) is 8.42 Å². The number of anilines is 2. The van der Waals surface area contributed by atoms with E-state index in [9.17, 15) is 13.2 Å². The summed E-state index contributed by atoms with van der Waals surface area (Å²) in [5.74, 6) is -0.862. The molecule has 0 spiro atoms. The van der Waals surface area contributed by atoms with Crippen molar-refractivity contribution in [2.75, 3.05) is 36.3 Å². The lowest BCUT2D eigenvalue weighted by molar-refractivity contribution is -0.115. The predicted molar refractivity (Wildman–Crippen MR) is 149 cm³/mol. The number of hydrogen-bond donors (Lipinski definition) is 2. The first-order chi connectivity index (χ1) is 18.5. The minimum absolute atomic E-state index is 0.186. The van der Waals surface area contributed by atoms with E-state index in [-0.39, 0.29) is 11.2 Å². The van der Waals surface area contributed by atoms with Crippen molar-refractivity contribution in [1.82, 2.24) is 4.90 Å². The Bertz CT molecular complexity index is 1460. The summed E-state index contributed by atoms with van der Waals surface area (Å²) in [4.78, 5) is 20.6. The van der Waals surface area contributed by atoms with E-state index < -0.39 is 15.9 Å². The first-order valence-electron chi connectivity index (χ1n) is 13.0. The maximum Gasteiger partial charge on any atom is 0.238 e. The number of amides is 1. The Labute approximate surface area is 222 Å². The third-order valence-corrected chi connectivity index (χ3v) is 9.01. The van der Waals surface area contributed by atoms with Crippen LogP contribution >= 0.6 is 0 Å². The molecule has 38 heavy (non-hydrogen) atoms. The molecule has 3 aromatic carbocycles. The van der Waals surface area contributed by atoms with Gasteiger partial charge in [-0.05, 0) is 59.9 Å². The maximum atomic E-state index is 13.3. The number of aliphatic imine (C=N–C) groups is 1. The Morgan fingerprint density at radius 1 is 1.00 bits per heavy atom. The van der Waals surface area contributed by atoms with E-state index in [1.807, 2.05) is 42.5 Å². The van der Waals surface area contributed by atoms with Gasteiger partial charge in [0.25, 0.3) is 0 Å². The van der Waals surface area contributed by atoms with Crippen LogP contribution in [-0.4, -0.2) is 56.5 Å². The molecule has 3 aliphatic rings. The van der Waals surface area contributed by atoms with E-state index in [4.69, 9.17) is 9.73 Å². The standard InChI is InChI=1S/C29H30N4O4S/c34-29-27(25-18-23(10-13-26(25)31-29)32-38(35,36)24-11-12-24)28(21-4-2-1-3-5-21)30-22-8-6-20(7-9-22)19-33-14-16-37-17-15-33/h1-10,13,18,24,27,32H,11-12,14-17,19H2,(H,31,34). The van der Waals surface area contributed by atoms with E-state index in [2.05, 4.69) is 27.1 Å². The molecular weight excluding hydrogens is 500 g/mol. The van der Waals surface area contributed by atoms with Crippen LogP contribution in [0.15, 0.2) is 77.8 Å². The first kappa shape index (κ1) is 24.8. The number of rotatable bonds is 8. The van der Waals surface area contributed by atoms with Crippen molar-refractivity contribution in [2.24, 2.45) is 4.99 Å². The highest BCUT2D eigenvalue weighted by Gasteiger charge is 2.38. The molecule has 6 rings (SSSR count). The van der Waals surface area contributed by atoms with Crippen molar-refractivity contribution in [2.45, 2.75) is 30.6 Å². The molecule has 9 heteroatoms. The van der Waals surface area contributed by atoms with Gasteiger partial charge < -0.3 is 10.1 Å². The second-order valence-corrected chi connectivity index (χ2v) is 11.9. The lowest BCUT2D eigenvalue weighted by atomic mass is 9.90. The molecule has 1 unspecified atom stereocenters. The number of ether oxygens (including phenoxy) is 1. The Kier molecular flexibility index (Phi) is 6.73. The van der Waals surface area contributed by atoms with E-state index >= 15 is 0 Å². The Balaban J connectivity index is 1.33. The van der Waals surface area contributed by atoms with Crippen molar-refractivity contribution < 1.29 is 17.9 Å². The van der Waals surface area contributed by atoms with Crippen molar-refractivity contribution in [1.29, 1.82) is 0 Å². The SMILES string of the molecule is O=C1Nc2ccc(NS(=O)(=O)C3CC3)cc2C1C(=Nc1ccc(CN2CCOCC2)cc1)c1ccccc1. The molecular formula is C29H30N4O4S. The lowest BCUT2D eigenvalue weighted by Crippen LogP contribution is -2.35. The minimum atomic E-state index is -3.42. The monoisotopic (exact) mass is 530 g/mol. The van der Waals surface area contributed by atoms with Crippen molar-refractivity contribution in [3.05, 3.63) is 89.5 Å². The molecule has 1 saturated heterocycles. The van der Waals surface area contributed by atoms with Gasteiger partial charge >= 0.3 is 0 Å². The molecule has 2 heterocycles. The number of benzene rings is 3. The van der Waals surface area contributed by atoms with Crippen LogP contribution in [0.1, 0.15) is 35.4 Å². The van der Waals surface area contributed by atoms with Crippen LogP contribution in [0.5, 0.6) is 0 Å². The summed E-state index contributed by atoms with van der Waals surface area (Å²) in [5, 5.41) is 2.62. The van der Waals surface area contributed by atoms with Crippen LogP contribution in [0.2, 0.25) is 0 Å². The van der Waals surface area contributed by atoms with Crippen LogP contribution in [0, 0.1) is 0 Å². The quantitative estimate of drug-likeness (QED) is 0.424. The molecule has 1 amide bonds. The summed E-state index contributed by atoms with van der Waals surface area (Å²) in [6, 6.07) is 22.9. The van der Waals surface area contributed by atoms with Crippen molar-refractivity contribution >= 4 is 38.7 Å². The van der Waals surface area contributed by atoms with Crippen LogP contribution in [-0.2, 0) is 26.1 Å². The zero-order chi connectivity index (χ0) is 26.1. The number of fused-ring (bicyclic) bond motifs is 1. The molecule has 1 atom stereocenters. The largest absolute Gasteiger partial charge is 0.379 e. The van der Waals surface area contributed by atoms with Gasteiger partial charge in [0.2, 0.25) is 15.9 Å². The highest BCUT2D eigenvalue weighted by atomic mass is 32.2. The topological polar surface area (TPSA) is 100 Å². The van der Waals surface area contributed by atoms with Gasteiger partial charge in [-0.15, -0.1) is 0 Å². The second-order valence-electron chi connectivity index (χ2n) is 9.99. The smallest absolute Gasteiger partial charge is 0.238 e. The van der Waals surface area contributed by atoms with Crippen molar-refractivity contribution in [3.63, 3.8) is 0 Å². The molecule has 196 valence electrons. The van der Waals surface area contributed by atoms with Gasteiger partial charge in [-0.2, -0.15) is 0 Å². The highest BCUT2D eigenvalue weighted by molar-refractivity contribution is 7.93. The molecule has 8 nitrogen and oxygen atoms in total. The minimum Gasteiger partial charge on any atom is -0.379 e. The third-order valence-electron chi connectivity index (χ3n) is 7.14.